The molecule has 2 nitrogen and oxygen atoms in total. The minimum atomic E-state index is -0.501. The van der Waals surface area contributed by atoms with Crippen molar-refractivity contribution in [1.29, 1.82) is 0 Å². The largest absolute Gasteiger partial charge is 0.348 e. The van der Waals surface area contributed by atoms with Gasteiger partial charge in [0.1, 0.15) is 11.6 Å². The monoisotopic (exact) mass is 325 g/mol. The van der Waals surface area contributed by atoms with Crippen molar-refractivity contribution in [2.75, 3.05) is 0 Å². The van der Waals surface area contributed by atoms with E-state index in [1.165, 1.54) is 30.3 Å². The molecule has 0 bridgehead atoms. The van der Waals surface area contributed by atoms with Crippen LogP contribution in [0, 0.1) is 11.6 Å². The molecule has 2 rings (SSSR count). The van der Waals surface area contributed by atoms with Crippen LogP contribution in [0.4, 0.5) is 8.78 Å². The molecule has 1 amide bonds. The number of hydrogen-bond acceptors (Lipinski definition) is 1. The van der Waals surface area contributed by atoms with Gasteiger partial charge < -0.3 is 5.32 Å². The zero-order valence-electron chi connectivity index (χ0n) is 9.79. The molecule has 0 heterocycles. The highest BCUT2D eigenvalue weighted by molar-refractivity contribution is 9.10. The third kappa shape index (κ3) is 3.38. The summed E-state index contributed by atoms with van der Waals surface area (Å²) in [5.74, 6) is -1.28. The number of nitrogens with one attached hydrogen (secondary N) is 1. The summed E-state index contributed by atoms with van der Waals surface area (Å²) in [6.45, 7) is 0.180. The second-order valence-corrected chi connectivity index (χ2v) is 4.71. The minimum Gasteiger partial charge on any atom is -0.348 e. The summed E-state index contributed by atoms with van der Waals surface area (Å²) < 4.78 is 26.4. The van der Waals surface area contributed by atoms with Crippen molar-refractivity contribution in [3.63, 3.8) is 0 Å². The van der Waals surface area contributed by atoms with Crippen molar-refractivity contribution in [3.8, 4) is 0 Å². The molecular weight excluding hydrogens is 316 g/mol. The number of benzene rings is 2. The van der Waals surface area contributed by atoms with Crippen LogP contribution in [0.25, 0.3) is 0 Å². The van der Waals surface area contributed by atoms with Crippen molar-refractivity contribution in [1.82, 2.24) is 5.32 Å². The fourth-order valence-electron chi connectivity index (χ4n) is 1.60. The fraction of sp³-hybridized carbons (Fsp3) is 0.0714. The van der Waals surface area contributed by atoms with E-state index in [1.807, 2.05) is 0 Å². The number of carbonyl (C=O) groups excluding carboxylic acids is 1. The van der Waals surface area contributed by atoms with Gasteiger partial charge in [-0.2, -0.15) is 0 Å². The first-order chi connectivity index (χ1) is 9.08. The predicted octanol–water partition coefficient (Wildman–Crippen LogP) is 3.66. The maximum absolute atomic E-state index is 13.3. The average Bonchev–Trinajstić information content (AvgIpc) is 2.39. The first-order valence-corrected chi connectivity index (χ1v) is 6.34. The van der Waals surface area contributed by atoms with Crippen molar-refractivity contribution >= 4 is 21.8 Å². The topological polar surface area (TPSA) is 29.1 Å². The molecule has 0 atom stereocenters. The fourth-order valence-corrected chi connectivity index (χ4v) is 2.05. The van der Waals surface area contributed by atoms with Gasteiger partial charge in [0.2, 0.25) is 0 Å². The van der Waals surface area contributed by atoms with E-state index in [1.54, 1.807) is 12.1 Å². The van der Waals surface area contributed by atoms with Gasteiger partial charge in [-0.3, -0.25) is 4.79 Å². The summed E-state index contributed by atoms with van der Waals surface area (Å²) in [5.41, 5.74) is 0.845. The molecule has 1 N–H and O–H groups in total. The molecule has 0 unspecified atom stereocenters. The smallest absolute Gasteiger partial charge is 0.252 e. The molecule has 2 aromatic carbocycles. The highest BCUT2D eigenvalue weighted by Gasteiger charge is 2.12. The molecule has 0 radical (unpaired) electrons. The Morgan fingerprint density at radius 3 is 2.63 bits per heavy atom. The number of hydrogen-bond donors (Lipinski definition) is 1. The molecule has 0 fully saturated rings. The molecule has 98 valence electrons. The normalized spacial score (nSPS) is 10.3. The van der Waals surface area contributed by atoms with Crippen molar-refractivity contribution in [2.24, 2.45) is 0 Å². The first kappa shape index (κ1) is 13.7. The molecule has 0 aliphatic heterocycles. The van der Waals surface area contributed by atoms with Crippen LogP contribution in [-0.4, -0.2) is 5.91 Å². The summed E-state index contributed by atoms with van der Waals surface area (Å²) in [4.78, 5) is 11.9. The standard InChI is InChI=1S/C14H10BrF2NO/c15-13-11(5-2-6-12(13)17)14(19)18-8-9-3-1-4-10(16)7-9/h1-7H,8H2,(H,18,19). The number of halogens is 3. The van der Waals surface area contributed by atoms with Crippen LogP contribution in [0.5, 0.6) is 0 Å². The van der Waals surface area contributed by atoms with Crippen LogP contribution in [0.15, 0.2) is 46.9 Å². The Balaban J connectivity index is 2.08. The van der Waals surface area contributed by atoms with E-state index in [-0.39, 0.29) is 22.4 Å². The van der Waals surface area contributed by atoms with E-state index in [0.29, 0.717) is 5.56 Å². The van der Waals surface area contributed by atoms with Crippen LogP contribution < -0.4 is 5.32 Å². The molecular formula is C14H10BrF2NO. The average molecular weight is 326 g/mol. The Morgan fingerprint density at radius 2 is 1.89 bits per heavy atom. The summed E-state index contributed by atoms with van der Waals surface area (Å²) in [5, 5.41) is 2.61. The zero-order chi connectivity index (χ0) is 13.8. The van der Waals surface area contributed by atoms with E-state index < -0.39 is 11.7 Å². The van der Waals surface area contributed by atoms with Gasteiger partial charge in [-0.15, -0.1) is 0 Å². The van der Waals surface area contributed by atoms with Crippen LogP contribution in [-0.2, 0) is 6.54 Å². The van der Waals surface area contributed by atoms with Crippen molar-refractivity contribution in [2.45, 2.75) is 6.54 Å². The van der Waals surface area contributed by atoms with Crippen LogP contribution in [0.3, 0.4) is 0 Å². The van der Waals surface area contributed by atoms with Gasteiger partial charge >= 0.3 is 0 Å². The van der Waals surface area contributed by atoms with Gasteiger partial charge in [0.15, 0.2) is 0 Å². The SMILES string of the molecule is O=C(NCc1cccc(F)c1)c1cccc(F)c1Br. The lowest BCUT2D eigenvalue weighted by atomic mass is 10.2. The summed E-state index contributed by atoms with van der Waals surface area (Å²) in [7, 11) is 0. The Kier molecular flexibility index (Phi) is 4.27. The third-order valence-corrected chi connectivity index (χ3v) is 3.34. The maximum Gasteiger partial charge on any atom is 0.252 e. The first-order valence-electron chi connectivity index (χ1n) is 5.54. The van der Waals surface area contributed by atoms with Gasteiger partial charge in [-0.25, -0.2) is 8.78 Å². The van der Waals surface area contributed by atoms with Crippen LogP contribution in [0.1, 0.15) is 15.9 Å². The van der Waals surface area contributed by atoms with E-state index in [4.69, 9.17) is 0 Å². The Morgan fingerprint density at radius 1 is 1.16 bits per heavy atom. The van der Waals surface area contributed by atoms with Gasteiger partial charge in [-0.1, -0.05) is 18.2 Å². The predicted molar refractivity (Wildman–Crippen MR) is 71.7 cm³/mol. The van der Waals surface area contributed by atoms with E-state index in [0.717, 1.165) is 0 Å². The van der Waals surface area contributed by atoms with E-state index >= 15 is 0 Å². The van der Waals surface area contributed by atoms with Gasteiger partial charge in [0.05, 0.1) is 10.0 Å². The molecule has 0 saturated heterocycles. The Bertz CT molecular complexity index is 616. The molecule has 5 heteroatoms. The molecule has 0 aliphatic carbocycles. The third-order valence-electron chi connectivity index (χ3n) is 2.54. The van der Waals surface area contributed by atoms with Crippen molar-refractivity contribution < 1.29 is 13.6 Å². The quantitative estimate of drug-likeness (QED) is 0.916. The number of carbonyl (C=O) groups is 1. The second-order valence-electron chi connectivity index (χ2n) is 3.91. The van der Waals surface area contributed by atoms with Gasteiger partial charge in [-0.05, 0) is 45.8 Å². The molecule has 2 aromatic rings. The summed E-state index contributed by atoms with van der Waals surface area (Å²) >= 11 is 3.02. The zero-order valence-corrected chi connectivity index (χ0v) is 11.4. The summed E-state index contributed by atoms with van der Waals surface area (Å²) in [6.07, 6.45) is 0. The van der Waals surface area contributed by atoms with E-state index in [9.17, 15) is 13.6 Å². The highest BCUT2D eigenvalue weighted by atomic mass is 79.9. The van der Waals surface area contributed by atoms with Crippen LogP contribution in [0.2, 0.25) is 0 Å². The van der Waals surface area contributed by atoms with Gasteiger partial charge in [0, 0.05) is 6.54 Å². The number of rotatable bonds is 3. The lowest BCUT2D eigenvalue weighted by Gasteiger charge is -2.07. The van der Waals surface area contributed by atoms with Crippen LogP contribution >= 0.6 is 15.9 Å². The Hall–Kier alpha value is -1.75. The number of amides is 1. The van der Waals surface area contributed by atoms with E-state index in [2.05, 4.69) is 21.2 Å². The molecule has 0 spiro atoms. The molecule has 0 aliphatic rings. The van der Waals surface area contributed by atoms with Crippen molar-refractivity contribution in [3.05, 3.63) is 69.7 Å². The molecule has 19 heavy (non-hydrogen) atoms. The Labute approximate surface area is 117 Å². The lowest BCUT2D eigenvalue weighted by Crippen LogP contribution is -2.23. The highest BCUT2D eigenvalue weighted by Crippen LogP contribution is 2.20. The van der Waals surface area contributed by atoms with Gasteiger partial charge in [0.25, 0.3) is 5.91 Å². The molecule has 0 aromatic heterocycles. The second kappa shape index (κ2) is 5.93. The minimum absolute atomic E-state index is 0.117. The summed E-state index contributed by atoms with van der Waals surface area (Å²) in [6, 6.07) is 10.1. The maximum atomic E-state index is 13.3. The lowest BCUT2D eigenvalue weighted by molar-refractivity contribution is 0.0949. The molecule has 0 saturated carbocycles.